The number of hydrogen-bond acceptors (Lipinski definition) is 6. The number of carbonyl (C=O) groups excluding carboxylic acids is 3. The van der Waals surface area contributed by atoms with Crippen LogP contribution in [0.3, 0.4) is 0 Å². The van der Waals surface area contributed by atoms with E-state index in [0.717, 1.165) is 29.7 Å². The number of fused-ring (bicyclic) bond motifs is 1. The van der Waals surface area contributed by atoms with E-state index in [0.29, 0.717) is 22.2 Å². The number of rotatable bonds is 6. The van der Waals surface area contributed by atoms with Crippen LogP contribution in [0.1, 0.15) is 44.5 Å². The van der Waals surface area contributed by atoms with Gasteiger partial charge in [0.1, 0.15) is 16.3 Å². The van der Waals surface area contributed by atoms with Crippen molar-refractivity contribution >= 4 is 34.1 Å². The number of thiophene rings is 1. The Labute approximate surface area is 166 Å². The molecule has 1 atom stereocenters. The number of hydrogen-bond donors (Lipinski definition) is 2. The van der Waals surface area contributed by atoms with Crippen molar-refractivity contribution in [3.05, 3.63) is 45.8 Å². The molecule has 0 radical (unpaired) electrons. The highest BCUT2D eigenvalue weighted by atomic mass is 32.1. The molecule has 3 N–H and O–H groups in total. The number of carbonyl (C=O) groups is 3. The Hall–Kier alpha value is -2.87. The largest absolute Gasteiger partial charge is 0.496 e. The molecule has 0 unspecified atom stereocenters. The normalized spacial score (nSPS) is 15.4. The molecular weight excluding hydrogens is 380 g/mol. The molecule has 28 heavy (non-hydrogen) atoms. The van der Waals surface area contributed by atoms with Gasteiger partial charge in [-0.25, -0.2) is 4.79 Å². The minimum Gasteiger partial charge on any atom is -0.496 e. The zero-order valence-corrected chi connectivity index (χ0v) is 16.6. The van der Waals surface area contributed by atoms with Crippen LogP contribution >= 0.6 is 11.3 Å². The number of amides is 2. The third-order valence-corrected chi connectivity index (χ3v) is 5.84. The van der Waals surface area contributed by atoms with Gasteiger partial charge < -0.3 is 20.5 Å². The average molecular weight is 402 g/mol. The Bertz CT molecular complexity index is 921. The predicted molar refractivity (Wildman–Crippen MR) is 106 cm³/mol. The molecule has 0 spiro atoms. The van der Waals surface area contributed by atoms with E-state index in [9.17, 15) is 14.4 Å². The topological polar surface area (TPSA) is 108 Å². The Morgan fingerprint density at radius 1 is 1.29 bits per heavy atom. The predicted octanol–water partition coefficient (Wildman–Crippen LogP) is 2.78. The molecule has 0 saturated carbocycles. The minimum atomic E-state index is -0.665. The highest BCUT2D eigenvalue weighted by molar-refractivity contribution is 7.17. The molecule has 1 aliphatic carbocycles. The number of para-hydroxylation sites is 1. The number of ether oxygens (including phenoxy) is 2. The van der Waals surface area contributed by atoms with Crippen LogP contribution in [0.2, 0.25) is 0 Å². The van der Waals surface area contributed by atoms with Gasteiger partial charge in [0, 0.05) is 4.88 Å². The van der Waals surface area contributed by atoms with Crippen molar-refractivity contribution in [3.8, 4) is 5.75 Å². The lowest BCUT2D eigenvalue weighted by Gasteiger charge is -2.18. The Morgan fingerprint density at radius 2 is 2.04 bits per heavy atom. The smallest absolute Gasteiger partial charge is 0.342 e. The average Bonchev–Trinajstić information content (AvgIpc) is 3.02. The number of nitrogens with one attached hydrogen (secondary N) is 1. The second kappa shape index (κ2) is 8.43. The summed E-state index contributed by atoms with van der Waals surface area (Å²) in [4.78, 5) is 37.5. The maximum Gasteiger partial charge on any atom is 0.342 e. The summed E-state index contributed by atoms with van der Waals surface area (Å²) in [5.74, 6) is -0.867. The fraction of sp³-hybridized carbons (Fsp3) is 0.350. The van der Waals surface area contributed by atoms with Crippen molar-refractivity contribution in [1.29, 1.82) is 0 Å². The zero-order chi connectivity index (χ0) is 20.3. The van der Waals surface area contributed by atoms with Gasteiger partial charge in [-0.05, 0) is 42.9 Å². The number of anilines is 1. The van der Waals surface area contributed by atoms with Crippen molar-refractivity contribution in [1.82, 2.24) is 0 Å². The van der Waals surface area contributed by atoms with Crippen LogP contribution in [0, 0.1) is 5.92 Å². The molecule has 0 aliphatic heterocycles. The minimum absolute atomic E-state index is 0.233. The SMILES string of the molecule is COc1ccccc1C(=O)OCC(=O)Nc1sc2c(c1C(N)=O)CC[C@@H](C)C2. The van der Waals surface area contributed by atoms with Gasteiger partial charge in [-0.1, -0.05) is 19.1 Å². The van der Waals surface area contributed by atoms with E-state index < -0.39 is 24.4 Å². The molecule has 0 fully saturated rings. The van der Waals surface area contributed by atoms with E-state index in [-0.39, 0.29) is 5.56 Å². The van der Waals surface area contributed by atoms with E-state index in [4.69, 9.17) is 15.2 Å². The molecular formula is C20H22N2O5S. The van der Waals surface area contributed by atoms with Crippen LogP contribution in [0.15, 0.2) is 24.3 Å². The molecule has 2 amide bonds. The standard InChI is InChI=1S/C20H22N2O5S/c1-11-7-8-13-15(9-11)28-19(17(13)18(21)24)22-16(23)10-27-20(25)12-5-3-4-6-14(12)26-2/h3-6,11H,7-10H2,1-2H3,(H2,21,24)(H,22,23)/t11-/m1/s1. The van der Waals surface area contributed by atoms with Gasteiger partial charge in [0.25, 0.3) is 11.8 Å². The first kappa shape index (κ1) is 19.9. The number of nitrogens with two attached hydrogens (primary N) is 1. The lowest BCUT2D eigenvalue weighted by Crippen LogP contribution is -2.23. The first-order valence-corrected chi connectivity index (χ1v) is 9.76. The molecule has 1 aromatic heterocycles. The van der Waals surface area contributed by atoms with Crippen molar-refractivity contribution in [3.63, 3.8) is 0 Å². The fourth-order valence-corrected chi connectivity index (χ4v) is 4.72. The fourth-order valence-electron chi connectivity index (χ4n) is 3.28. The molecule has 0 bridgehead atoms. The summed E-state index contributed by atoms with van der Waals surface area (Å²) in [5.41, 5.74) is 7.07. The van der Waals surface area contributed by atoms with E-state index >= 15 is 0 Å². The summed E-state index contributed by atoms with van der Waals surface area (Å²) < 4.78 is 10.2. The maximum atomic E-state index is 12.3. The lowest BCUT2D eigenvalue weighted by atomic mass is 9.88. The number of methoxy groups -OCH3 is 1. The number of primary amides is 1. The second-order valence-electron chi connectivity index (χ2n) is 6.74. The van der Waals surface area contributed by atoms with Crippen molar-refractivity contribution < 1.29 is 23.9 Å². The summed E-state index contributed by atoms with van der Waals surface area (Å²) in [5, 5.41) is 3.09. The summed E-state index contributed by atoms with van der Waals surface area (Å²) in [6, 6.07) is 6.59. The summed E-state index contributed by atoms with van der Waals surface area (Å²) in [6.45, 7) is 1.68. The highest BCUT2D eigenvalue weighted by Crippen LogP contribution is 2.39. The van der Waals surface area contributed by atoms with Gasteiger partial charge in [0.05, 0.1) is 12.7 Å². The first-order valence-electron chi connectivity index (χ1n) is 8.95. The molecule has 1 aromatic carbocycles. The summed E-state index contributed by atoms with van der Waals surface area (Å²) in [6.07, 6.45) is 2.61. The molecule has 2 aromatic rings. The Balaban J connectivity index is 1.68. The molecule has 1 heterocycles. The van der Waals surface area contributed by atoms with Gasteiger partial charge in [-0.3, -0.25) is 9.59 Å². The van der Waals surface area contributed by atoms with Crippen LogP contribution in [-0.2, 0) is 22.4 Å². The van der Waals surface area contributed by atoms with E-state index in [1.807, 2.05) is 0 Å². The van der Waals surface area contributed by atoms with Gasteiger partial charge in [0.15, 0.2) is 6.61 Å². The summed E-state index contributed by atoms with van der Waals surface area (Å²) >= 11 is 1.37. The van der Waals surface area contributed by atoms with E-state index in [1.165, 1.54) is 18.4 Å². The molecule has 3 rings (SSSR count). The highest BCUT2D eigenvalue weighted by Gasteiger charge is 2.27. The van der Waals surface area contributed by atoms with Gasteiger partial charge in [-0.15, -0.1) is 11.3 Å². The van der Waals surface area contributed by atoms with Crippen LogP contribution in [0.4, 0.5) is 5.00 Å². The molecule has 148 valence electrons. The Kier molecular flexibility index (Phi) is 5.99. The first-order chi connectivity index (χ1) is 13.4. The van der Waals surface area contributed by atoms with E-state index in [2.05, 4.69) is 12.2 Å². The molecule has 7 nitrogen and oxygen atoms in total. The van der Waals surface area contributed by atoms with Gasteiger partial charge >= 0.3 is 5.97 Å². The number of esters is 1. The number of benzene rings is 1. The zero-order valence-electron chi connectivity index (χ0n) is 15.7. The molecule has 1 aliphatic rings. The summed E-state index contributed by atoms with van der Waals surface area (Å²) in [7, 11) is 1.45. The molecule has 8 heteroatoms. The monoisotopic (exact) mass is 402 g/mol. The van der Waals surface area contributed by atoms with Crippen LogP contribution < -0.4 is 15.8 Å². The van der Waals surface area contributed by atoms with Crippen LogP contribution in [0.25, 0.3) is 0 Å². The third kappa shape index (κ3) is 4.17. The lowest BCUT2D eigenvalue weighted by molar-refractivity contribution is -0.119. The Morgan fingerprint density at radius 3 is 2.75 bits per heavy atom. The van der Waals surface area contributed by atoms with Crippen LogP contribution in [-0.4, -0.2) is 31.5 Å². The van der Waals surface area contributed by atoms with Crippen molar-refractivity contribution in [2.24, 2.45) is 11.7 Å². The molecule has 0 saturated heterocycles. The quantitative estimate of drug-likeness (QED) is 0.723. The second-order valence-corrected chi connectivity index (χ2v) is 7.85. The third-order valence-electron chi connectivity index (χ3n) is 4.67. The van der Waals surface area contributed by atoms with Crippen molar-refractivity contribution in [2.75, 3.05) is 19.0 Å². The van der Waals surface area contributed by atoms with Crippen molar-refractivity contribution in [2.45, 2.75) is 26.2 Å². The van der Waals surface area contributed by atoms with E-state index in [1.54, 1.807) is 24.3 Å². The van der Waals surface area contributed by atoms with Gasteiger partial charge in [-0.2, -0.15) is 0 Å². The van der Waals surface area contributed by atoms with Crippen LogP contribution in [0.5, 0.6) is 5.75 Å². The maximum absolute atomic E-state index is 12.3. The van der Waals surface area contributed by atoms with Gasteiger partial charge in [0.2, 0.25) is 0 Å².